The number of Topliss-reactive ketones (excluding diaryl/α,β-unsaturated/α-hetero) is 1. The number of piperidine rings is 1. The lowest BCUT2D eigenvalue weighted by Crippen LogP contribution is -2.31. The molecule has 2 aromatic rings. The van der Waals surface area contributed by atoms with Crippen molar-refractivity contribution in [1.29, 1.82) is 0 Å². The molecule has 1 aromatic carbocycles. The van der Waals surface area contributed by atoms with Crippen LogP contribution in [0.5, 0.6) is 0 Å². The molecule has 8 heteroatoms. The number of urea groups is 1. The molecule has 0 saturated carbocycles. The summed E-state index contributed by atoms with van der Waals surface area (Å²) in [5.74, 6) is 5.27. The Morgan fingerprint density at radius 3 is 2.86 bits per heavy atom. The number of anilines is 1. The maximum Gasteiger partial charge on any atom is 0.316 e. The Morgan fingerprint density at radius 1 is 1.38 bits per heavy atom. The van der Waals surface area contributed by atoms with Crippen LogP contribution in [-0.4, -0.2) is 24.9 Å². The van der Waals surface area contributed by atoms with Crippen LogP contribution in [-0.2, 0) is 0 Å². The van der Waals surface area contributed by atoms with E-state index in [1.807, 2.05) is 0 Å². The van der Waals surface area contributed by atoms with Gasteiger partial charge in [-0.1, -0.05) is 24.0 Å². The van der Waals surface area contributed by atoms with E-state index in [1.165, 1.54) is 23.5 Å². The van der Waals surface area contributed by atoms with E-state index < -0.39 is 11.8 Å². The van der Waals surface area contributed by atoms with Crippen LogP contribution < -0.4 is 16.4 Å². The topological polar surface area (TPSA) is 88.6 Å². The standard InChI is InChI=1S/C21H19FN4O2S/c1-24-17-7-5-13(9-16(17)22)4-6-15-11-18(26-21(23)28)20(29-15)19(27)10-14-3-2-8-25-12-14/h5,7,9,11,14,25H,2-3,8,10,12H2,(H3,23,26,28)/t14-/m1/s1. The maximum atomic E-state index is 13.7. The van der Waals surface area contributed by atoms with Crippen molar-refractivity contribution in [3.8, 4) is 11.8 Å². The molecule has 0 radical (unpaired) electrons. The van der Waals surface area contributed by atoms with Crippen molar-refractivity contribution in [3.63, 3.8) is 0 Å². The second-order valence-electron chi connectivity index (χ2n) is 6.71. The highest BCUT2D eigenvalue weighted by Gasteiger charge is 2.22. The number of benzene rings is 1. The molecule has 1 aromatic heterocycles. The van der Waals surface area contributed by atoms with Gasteiger partial charge in [-0.05, 0) is 44.0 Å². The molecule has 1 atom stereocenters. The average molecular weight is 410 g/mol. The van der Waals surface area contributed by atoms with Crippen molar-refractivity contribution in [2.24, 2.45) is 11.7 Å². The molecular weight excluding hydrogens is 391 g/mol. The minimum Gasteiger partial charge on any atom is -0.351 e. The van der Waals surface area contributed by atoms with Crippen LogP contribution >= 0.6 is 11.3 Å². The first kappa shape index (κ1) is 20.5. The van der Waals surface area contributed by atoms with Gasteiger partial charge in [0.1, 0.15) is 5.82 Å². The lowest BCUT2D eigenvalue weighted by atomic mass is 9.93. The average Bonchev–Trinajstić information content (AvgIpc) is 3.09. The summed E-state index contributed by atoms with van der Waals surface area (Å²) < 4.78 is 13.7. The third-order valence-electron chi connectivity index (χ3n) is 4.51. The molecule has 6 nitrogen and oxygen atoms in total. The van der Waals surface area contributed by atoms with E-state index in [-0.39, 0.29) is 17.4 Å². The maximum absolute atomic E-state index is 13.7. The Balaban J connectivity index is 1.83. The van der Waals surface area contributed by atoms with Gasteiger partial charge in [-0.15, -0.1) is 11.3 Å². The fourth-order valence-corrected chi connectivity index (χ4v) is 4.06. The number of hydrogen-bond acceptors (Lipinski definition) is 4. The van der Waals surface area contributed by atoms with Gasteiger partial charge in [0.05, 0.1) is 22.0 Å². The van der Waals surface area contributed by atoms with E-state index in [4.69, 9.17) is 12.3 Å². The van der Waals surface area contributed by atoms with Crippen LogP contribution in [0.1, 0.15) is 39.4 Å². The van der Waals surface area contributed by atoms with Gasteiger partial charge < -0.3 is 16.4 Å². The van der Waals surface area contributed by atoms with Gasteiger partial charge in [-0.25, -0.2) is 14.0 Å². The number of nitrogens with zero attached hydrogens (tertiary/aromatic N) is 1. The van der Waals surface area contributed by atoms with Crippen molar-refractivity contribution in [2.45, 2.75) is 19.3 Å². The lowest BCUT2D eigenvalue weighted by molar-refractivity contribution is 0.0958. The molecule has 2 amide bonds. The first-order valence-electron chi connectivity index (χ1n) is 9.09. The van der Waals surface area contributed by atoms with Crippen molar-refractivity contribution in [1.82, 2.24) is 5.32 Å². The van der Waals surface area contributed by atoms with Crippen molar-refractivity contribution < 1.29 is 14.0 Å². The Morgan fingerprint density at radius 2 is 2.21 bits per heavy atom. The third-order valence-corrected chi connectivity index (χ3v) is 5.61. The van der Waals surface area contributed by atoms with E-state index in [2.05, 4.69) is 27.3 Å². The molecule has 0 spiro atoms. The van der Waals surface area contributed by atoms with Gasteiger partial charge >= 0.3 is 6.03 Å². The van der Waals surface area contributed by atoms with Crippen molar-refractivity contribution in [3.05, 3.63) is 56.8 Å². The van der Waals surface area contributed by atoms with Crippen molar-refractivity contribution in [2.75, 3.05) is 18.4 Å². The van der Waals surface area contributed by atoms with Gasteiger partial charge in [0.15, 0.2) is 5.78 Å². The zero-order chi connectivity index (χ0) is 20.8. The highest BCUT2D eigenvalue weighted by Crippen LogP contribution is 2.30. The highest BCUT2D eigenvalue weighted by atomic mass is 32.1. The summed E-state index contributed by atoms with van der Waals surface area (Å²) in [5.41, 5.74) is 5.92. The smallest absolute Gasteiger partial charge is 0.316 e. The summed E-state index contributed by atoms with van der Waals surface area (Å²) in [6, 6.07) is 4.96. The van der Waals surface area contributed by atoms with Gasteiger partial charge in [-0.3, -0.25) is 4.79 Å². The fraction of sp³-hybridized carbons (Fsp3) is 0.286. The van der Waals surface area contributed by atoms with Crippen LogP contribution in [0.2, 0.25) is 0 Å². The van der Waals surface area contributed by atoms with Gasteiger partial charge in [0.2, 0.25) is 5.69 Å². The predicted octanol–water partition coefficient (Wildman–Crippen LogP) is 3.90. The number of nitrogens with two attached hydrogens (primary N) is 1. The number of thiophene rings is 1. The summed E-state index contributed by atoms with van der Waals surface area (Å²) in [7, 11) is 0. The fourth-order valence-electron chi connectivity index (χ4n) is 3.15. The minimum atomic E-state index is -0.757. The van der Waals surface area contributed by atoms with E-state index in [1.54, 1.807) is 12.1 Å². The Bertz CT molecular complexity index is 1040. The molecule has 1 aliphatic rings. The third kappa shape index (κ3) is 5.41. The number of ketones is 1. The Kier molecular flexibility index (Phi) is 6.61. The lowest BCUT2D eigenvalue weighted by Gasteiger charge is -2.21. The van der Waals surface area contributed by atoms with Crippen LogP contribution in [0.15, 0.2) is 24.3 Å². The van der Waals surface area contributed by atoms with Crippen LogP contribution in [0.4, 0.5) is 20.6 Å². The first-order chi connectivity index (χ1) is 14.0. The van der Waals surface area contributed by atoms with E-state index >= 15 is 0 Å². The largest absolute Gasteiger partial charge is 0.351 e. The number of halogens is 1. The van der Waals surface area contributed by atoms with E-state index in [9.17, 15) is 14.0 Å². The molecule has 0 aliphatic carbocycles. The predicted molar refractivity (Wildman–Crippen MR) is 111 cm³/mol. The summed E-state index contributed by atoms with van der Waals surface area (Å²) in [6.07, 6.45) is 2.41. The molecule has 29 heavy (non-hydrogen) atoms. The van der Waals surface area contributed by atoms with Gasteiger partial charge in [0.25, 0.3) is 0 Å². The molecule has 148 valence electrons. The zero-order valence-electron chi connectivity index (χ0n) is 15.5. The summed E-state index contributed by atoms with van der Waals surface area (Å²) in [6.45, 7) is 8.64. The number of amides is 2. The normalized spacial score (nSPS) is 15.7. The molecule has 0 bridgehead atoms. The monoisotopic (exact) mass is 410 g/mol. The molecule has 1 aliphatic heterocycles. The van der Waals surface area contributed by atoms with E-state index in [0.29, 0.717) is 27.4 Å². The second kappa shape index (κ2) is 9.33. The van der Waals surface area contributed by atoms with Crippen LogP contribution in [0.3, 0.4) is 0 Å². The van der Waals surface area contributed by atoms with Crippen molar-refractivity contribution >= 4 is 34.5 Å². The SMILES string of the molecule is [C-]#[N+]c1ccc(C#Cc2cc(NC(N)=O)c(C(=O)C[C@H]3CCCNC3)s2)cc1F. The molecule has 0 unspecified atom stereocenters. The molecular formula is C21H19FN4O2S. The summed E-state index contributed by atoms with van der Waals surface area (Å²) >= 11 is 1.17. The number of carbonyl (C=O) groups excluding carboxylic acids is 2. The molecule has 1 saturated heterocycles. The molecule has 4 N–H and O–H groups in total. The van der Waals surface area contributed by atoms with Crippen LogP contribution in [0, 0.1) is 30.1 Å². The quantitative estimate of drug-likeness (QED) is 0.406. The molecule has 2 heterocycles. The van der Waals surface area contributed by atoms with E-state index in [0.717, 1.165) is 25.9 Å². The first-order valence-corrected chi connectivity index (χ1v) is 9.91. The highest BCUT2D eigenvalue weighted by molar-refractivity contribution is 7.15. The Labute approximate surface area is 172 Å². The number of rotatable bonds is 4. The second-order valence-corrected chi connectivity index (χ2v) is 7.76. The summed E-state index contributed by atoms with van der Waals surface area (Å²) in [4.78, 5) is 28.1. The Hall–Kier alpha value is -3.20. The molecule has 1 fully saturated rings. The number of carbonyl (C=O) groups is 2. The summed E-state index contributed by atoms with van der Waals surface area (Å²) in [5, 5.41) is 5.77. The van der Waals surface area contributed by atoms with Gasteiger partial charge in [0, 0.05) is 12.0 Å². The minimum absolute atomic E-state index is 0.0621. The van der Waals surface area contributed by atoms with Crippen LogP contribution in [0.25, 0.3) is 4.85 Å². The van der Waals surface area contributed by atoms with Gasteiger partial charge in [-0.2, -0.15) is 0 Å². The number of nitrogens with one attached hydrogen (secondary N) is 2. The molecule has 3 rings (SSSR count). The number of hydrogen-bond donors (Lipinski definition) is 3. The zero-order valence-corrected chi connectivity index (χ0v) is 16.4. The number of primary amides is 1.